The first-order valence-corrected chi connectivity index (χ1v) is 8.51. The van der Waals surface area contributed by atoms with E-state index in [2.05, 4.69) is 53.5 Å². The Balaban J connectivity index is 2.33. The van der Waals surface area contributed by atoms with Crippen LogP contribution in [-0.2, 0) is 4.74 Å². The van der Waals surface area contributed by atoms with Gasteiger partial charge in [-0.05, 0) is 37.2 Å². The van der Waals surface area contributed by atoms with Crippen LogP contribution in [0.3, 0.4) is 0 Å². The van der Waals surface area contributed by atoms with Crippen LogP contribution in [0.1, 0.15) is 53.4 Å². The van der Waals surface area contributed by atoms with E-state index in [1.54, 1.807) is 0 Å². The van der Waals surface area contributed by atoms with Crippen molar-refractivity contribution in [1.29, 1.82) is 0 Å². The van der Waals surface area contributed by atoms with Gasteiger partial charge in [-0.15, -0.1) is 13.2 Å². The van der Waals surface area contributed by atoms with E-state index < -0.39 is 0 Å². The number of hydrogen-bond acceptors (Lipinski definition) is 1. The van der Waals surface area contributed by atoms with Gasteiger partial charge in [-0.3, -0.25) is 0 Å². The van der Waals surface area contributed by atoms with Gasteiger partial charge in [0.1, 0.15) is 5.60 Å². The van der Waals surface area contributed by atoms with Crippen LogP contribution in [0.15, 0.2) is 49.3 Å². The Kier molecular flexibility index (Phi) is 3.13. The largest absolute Gasteiger partial charge is 0.493 e. The Morgan fingerprint density at radius 1 is 1.23 bits per heavy atom. The fourth-order valence-electron chi connectivity index (χ4n) is 6.52. The Morgan fingerprint density at radius 2 is 1.86 bits per heavy atom. The Bertz CT molecular complexity index is 581. The summed E-state index contributed by atoms with van der Waals surface area (Å²) in [7, 11) is 0. The minimum Gasteiger partial charge on any atom is -0.493 e. The van der Waals surface area contributed by atoms with Crippen LogP contribution in [0.5, 0.6) is 0 Å². The number of rotatable bonds is 4. The summed E-state index contributed by atoms with van der Waals surface area (Å²) < 4.78 is 6.51. The van der Waals surface area contributed by atoms with Crippen LogP contribution in [0, 0.1) is 22.2 Å². The van der Waals surface area contributed by atoms with Crippen molar-refractivity contribution in [3.8, 4) is 0 Å². The van der Waals surface area contributed by atoms with Gasteiger partial charge in [0, 0.05) is 23.2 Å². The molecule has 4 atom stereocenters. The van der Waals surface area contributed by atoms with Gasteiger partial charge in [0.15, 0.2) is 0 Å². The molecule has 4 aliphatic rings. The number of allylic oxidation sites excluding steroid dienone is 2. The summed E-state index contributed by atoms with van der Waals surface area (Å²) in [5, 5.41) is 0. The second-order valence-corrected chi connectivity index (χ2v) is 8.32. The van der Waals surface area contributed by atoms with E-state index in [9.17, 15) is 0 Å². The first-order valence-electron chi connectivity index (χ1n) is 8.51. The molecule has 4 unspecified atom stereocenters. The molecule has 22 heavy (non-hydrogen) atoms. The second kappa shape index (κ2) is 4.40. The lowest BCUT2D eigenvalue weighted by atomic mass is 9.32. The first kappa shape index (κ1) is 15.6. The summed E-state index contributed by atoms with van der Waals surface area (Å²) in [4.78, 5) is 0. The minimum absolute atomic E-state index is 0.0224. The Labute approximate surface area is 135 Å². The van der Waals surface area contributed by atoms with Crippen molar-refractivity contribution in [1.82, 2.24) is 0 Å². The molecule has 0 amide bonds. The monoisotopic (exact) mass is 298 g/mol. The van der Waals surface area contributed by atoms with Crippen molar-refractivity contribution >= 4 is 0 Å². The molecule has 0 aromatic heterocycles. The second-order valence-electron chi connectivity index (χ2n) is 8.32. The molecule has 4 rings (SSSR count). The molecule has 3 saturated carbocycles. The predicted molar refractivity (Wildman–Crippen MR) is 93.4 cm³/mol. The fourth-order valence-corrected chi connectivity index (χ4v) is 6.52. The Morgan fingerprint density at radius 3 is 2.45 bits per heavy atom. The molecular weight excluding hydrogens is 268 g/mol. The van der Waals surface area contributed by atoms with Gasteiger partial charge >= 0.3 is 0 Å². The Hall–Kier alpha value is -1.24. The van der Waals surface area contributed by atoms with Crippen LogP contribution in [0.25, 0.3) is 0 Å². The maximum Gasteiger partial charge on any atom is 0.126 e. The van der Waals surface area contributed by atoms with Gasteiger partial charge in [-0.25, -0.2) is 0 Å². The van der Waals surface area contributed by atoms with E-state index in [-0.39, 0.29) is 21.8 Å². The van der Waals surface area contributed by atoms with Gasteiger partial charge in [-0.1, -0.05) is 45.1 Å². The summed E-state index contributed by atoms with van der Waals surface area (Å²) in [5.41, 5.74) is 2.70. The van der Waals surface area contributed by atoms with Gasteiger partial charge in [0.25, 0.3) is 0 Å². The summed E-state index contributed by atoms with van der Waals surface area (Å²) in [6.45, 7) is 22.1. The summed E-state index contributed by atoms with van der Waals surface area (Å²) in [5.74, 6) is 0.473. The van der Waals surface area contributed by atoms with Crippen LogP contribution in [0.2, 0.25) is 0 Å². The maximum absolute atomic E-state index is 6.51. The smallest absolute Gasteiger partial charge is 0.126 e. The van der Waals surface area contributed by atoms with Crippen molar-refractivity contribution in [2.75, 3.05) is 0 Å². The zero-order valence-electron chi connectivity index (χ0n) is 14.7. The molecule has 0 aromatic carbocycles. The van der Waals surface area contributed by atoms with Gasteiger partial charge < -0.3 is 4.74 Å². The fraction of sp³-hybridized carbons (Fsp3) is 0.619. The lowest BCUT2D eigenvalue weighted by molar-refractivity contribution is -0.220. The van der Waals surface area contributed by atoms with Crippen LogP contribution < -0.4 is 0 Å². The number of ether oxygens (including phenoxy) is 1. The molecule has 2 bridgehead atoms. The van der Waals surface area contributed by atoms with E-state index in [4.69, 9.17) is 4.74 Å². The maximum atomic E-state index is 6.51. The highest BCUT2D eigenvalue weighted by atomic mass is 16.5. The zero-order valence-corrected chi connectivity index (χ0v) is 14.7. The van der Waals surface area contributed by atoms with E-state index in [1.165, 1.54) is 24.0 Å². The quantitative estimate of drug-likeness (QED) is 0.595. The van der Waals surface area contributed by atoms with E-state index in [0.717, 1.165) is 12.8 Å². The summed E-state index contributed by atoms with van der Waals surface area (Å²) in [6.07, 6.45) is 10.4. The average molecular weight is 298 g/mol. The molecule has 120 valence electrons. The number of hydrogen-bond donors (Lipinski definition) is 0. The highest BCUT2D eigenvalue weighted by Crippen LogP contribution is 2.78. The molecule has 1 heteroatoms. The molecule has 1 heterocycles. The van der Waals surface area contributed by atoms with Crippen molar-refractivity contribution in [2.45, 2.75) is 59.0 Å². The SMILES string of the molecule is C=CCC12OC=C(C)C1(CC=C)C1(C)CCC2C(C)(C)C1=C. The zero-order chi connectivity index (χ0) is 16.4. The molecule has 3 aliphatic carbocycles. The highest BCUT2D eigenvalue weighted by Gasteiger charge is 2.76. The van der Waals surface area contributed by atoms with Crippen LogP contribution in [0.4, 0.5) is 0 Å². The highest BCUT2D eigenvalue weighted by molar-refractivity contribution is 5.45. The number of fused-ring (bicyclic) bond motifs is 2. The lowest BCUT2D eigenvalue weighted by Crippen LogP contribution is -2.71. The van der Waals surface area contributed by atoms with Crippen molar-refractivity contribution in [3.63, 3.8) is 0 Å². The topological polar surface area (TPSA) is 9.23 Å². The van der Waals surface area contributed by atoms with Crippen molar-refractivity contribution in [3.05, 3.63) is 49.3 Å². The average Bonchev–Trinajstić information content (AvgIpc) is 2.74. The third-order valence-electron chi connectivity index (χ3n) is 7.49. The minimum atomic E-state index is -0.190. The molecule has 1 aliphatic heterocycles. The van der Waals surface area contributed by atoms with Gasteiger partial charge in [-0.2, -0.15) is 0 Å². The molecule has 0 radical (unpaired) electrons. The molecule has 0 saturated heterocycles. The van der Waals surface area contributed by atoms with Crippen LogP contribution in [-0.4, -0.2) is 5.60 Å². The van der Waals surface area contributed by atoms with E-state index >= 15 is 0 Å². The molecule has 0 aromatic rings. The van der Waals surface area contributed by atoms with Gasteiger partial charge in [0.05, 0.1) is 6.26 Å². The third kappa shape index (κ3) is 1.33. The molecule has 1 nitrogen and oxygen atoms in total. The standard InChI is InChI=1S/C21H30O/c1-8-11-20-15(3)14-22-21(20,12-9-2)17-10-13-19(20,7)16(4)18(17,5)6/h8-9,14,17H,1-2,4,10-13H2,3,5-7H3. The molecular formula is C21H30O. The van der Waals surface area contributed by atoms with E-state index in [1.807, 2.05) is 12.3 Å². The summed E-state index contributed by atoms with van der Waals surface area (Å²) >= 11 is 0. The predicted octanol–water partition coefficient (Wildman–Crippen LogP) is 5.81. The normalized spacial score (nSPS) is 45.0. The van der Waals surface area contributed by atoms with Crippen LogP contribution >= 0.6 is 0 Å². The molecule has 0 N–H and O–H groups in total. The van der Waals surface area contributed by atoms with E-state index in [0.29, 0.717) is 5.92 Å². The first-order chi connectivity index (χ1) is 10.2. The summed E-state index contributed by atoms with van der Waals surface area (Å²) in [6, 6.07) is 0. The van der Waals surface area contributed by atoms with Crippen molar-refractivity contribution in [2.24, 2.45) is 22.2 Å². The third-order valence-corrected chi connectivity index (χ3v) is 7.49. The molecule has 3 fully saturated rings. The lowest BCUT2D eigenvalue weighted by Gasteiger charge is -2.71. The van der Waals surface area contributed by atoms with Gasteiger partial charge in [0.2, 0.25) is 0 Å². The van der Waals surface area contributed by atoms with Crippen molar-refractivity contribution < 1.29 is 4.74 Å². The molecule has 0 spiro atoms.